The number of likely N-dealkylation sites (N-methyl/N-ethyl adjacent to an activating group) is 1. The van der Waals surface area contributed by atoms with Gasteiger partial charge in [-0.05, 0) is 25.6 Å². The van der Waals surface area contributed by atoms with Gasteiger partial charge in [0, 0.05) is 31.9 Å². The van der Waals surface area contributed by atoms with E-state index in [1.165, 1.54) is 0 Å². The van der Waals surface area contributed by atoms with Crippen LogP contribution in [0.1, 0.15) is 12.2 Å². The van der Waals surface area contributed by atoms with Gasteiger partial charge >= 0.3 is 0 Å². The Kier molecular flexibility index (Phi) is 4.98. The van der Waals surface area contributed by atoms with E-state index in [2.05, 4.69) is 14.9 Å². The summed E-state index contributed by atoms with van der Waals surface area (Å²) in [4.78, 5) is 4.33. The highest BCUT2D eigenvalue weighted by Crippen LogP contribution is 2.10. The normalized spacial score (nSPS) is 12.3. The summed E-state index contributed by atoms with van der Waals surface area (Å²) in [6.07, 6.45) is 5.77. The van der Waals surface area contributed by atoms with Crippen LogP contribution in [0, 0.1) is 0 Å². The fraction of sp³-hybridized carbons (Fsp3) is 0.400. The maximum absolute atomic E-state index is 5.77. The van der Waals surface area contributed by atoms with Crippen LogP contribution in [0.3, 0.4) is 0 Å². The van der Waals surface area contributed by atoms with Crippen molar-refractivity contribution < 1.29 is 4.74 Å². The second kappa shape index (κ2) is 6.95. The molecule has 19 heavy (non-hydrogen) atoms. The molecule has 0 spiro atoms. The van der Waals surface area contributed by atoms with Crippen molar-refractivity contribution in [3.63, 3.8) is 0 Å². The molecular weight excluding hydrogens is 238 g/mol. The summed E-state index contributed by atoms with van der Waals surface area (Å²) in [5, 5.41) is 3.29. The molecule has 0 amide bonds. The smallest absolute Gasteiger partial charge is 0.119 e. The molecule has 1 unspecified atom stereocenters. The number of imidazole rings is 1. The third-order valence-electron chi connectivity index (χ3n) is 3.24. The van der Waals surface area contributed by atoms with Crippen LogP contribution in [0.5, 0.6) is 5.75 Å². The Morgan fingerprint density at radius 3 is 2.74 bits per heavy atom. The predicted molar refractivity (Wildman–Crippen MR) is 76.3 cm³/mol. The first-order valence-corrected chi connectivity index (χ1v) is 6.61. The number of para-hydroxylation sites is 1. The van der Waals surface area contributed by atoms with Crippen LogP contribution in [-0.4, -0.2) is 29.2 Å². The highest BCUT2D eigenvalue weighted by Gasteiger charge is 2.09. The summed E-state index contributed by atoms with van der Waals surface area (Å²) >= 11 is 0. The quantitative estimate of drug-likeness (QED) is 0.827. The molecule has 0 bridgehead atoms. The molecule has 2 aromatic rings. The predicted octanol–water partition coefficient (Wildman–Crippen LogP) is 2.02. The molecule has 4 heteroatoms. The number of nitrogens with zero attached hydrogens (tertiary/aromatic N) is 2. The van der Waals surface area contributed by atoms with Crippen LogP contribution in [0.4, 0.5) is 0 Å². The summed E-state index contributed by atoms with van der Waals surface area (Å²) in [6, 6.07) is 10.2. The van der Waals surface area contributed by atoms with Gasteiger partial charge < -0.3 is 14.6 Å². The lowest BCUT2D eigenvalue weighted by Crippen LogP contribution is -2.32. The molecule has 4 nitrogen and oxygen atoms in total. The van der Waals surface area contributed by atoms with E-state index in [1.807, 2.05) is 56.8 Å². The van der Waals surface area contributed by atoms with E-state index in [0.29, 0.717) is 12.6 Å². The highest BCUT2D eigenvalue weighted by molar-refractivity contribution is 5.20. The Morgan fingerprint density at radius 2 is 2.11 bits per heavy atom. The summed E-state index contributed by atoms with van der Waals surface area (Å²) < 4.78 is 7.83. The standard InChI is InChI=1S/C15H21N3O/c1-16-13(8-9-15-17-10-11-18(15)2)12-19-14-6-4-3-5-7-14/h3-7,10-11,13,16H,8-9,12H2,1-2H3. The lowest BCUT2D eigenvalue weighted by atomic mass is 10.1. The van der Waals surface area contributed by atoms with Gasteiger partial charge in [-0.15, -0.1) is 0 Å². The van der Waals surface area contributed by atoms with Crippen LogP contribution < -0.4 is 10.1 Å². The Balaban J connectivity index is 1.79. The van der Waals surface area contributed by atoms with Gasteiger partial charge in [0.25, 0.3) is 0 Å². The molecule has 1 aromatic carbocycles. The van der Waals surface area contributed by atoms with Crippen molar-refractivity contribution in [1.82, 2.24) is 14.9 Å². The van der Waals surface area contributed by atoms with Gasteiger partial charge in [0.1, 0.15) is 18.2 Å². The average molecular weight is 259 g/mol. The number of benzene rings is 1. The van der Waals surface area contributed by atoms with E-state index in [4.69, 9.17) is 4.74 Å². The summed E-state index contributed by atoms with van der Waals surface area (Å²) in [7, 11) is 3.99. The fourth-order valence-corrected chi connectivity index (χ4v) is 1.97. The van der Waals surface area contributed by atoms with E-state index in [0.717, 1.165) is 24.4 Å². The van der Waals surface area contributed by atoms with Crippen LogP contribution in [0.25, 0.3) is 0 Å². The number of ether oxygens (including phenoxy) is 1. The van der Waals surface area contributed by atoms with Crippen LogP contribution >= 0.6 is 0 Å². The molecule has 0 fully saturated rings. The number of rotatable bonds is 7. The van der Waals surface area contributed by atoms with Crippen molar-refractivity contribution in [1.29, 1.82) is 0 Å². The lowest BCUT2D eigenvalue weighted by Gasteiger charge is -2.16. The molecule has 0 saturated carbocycles. The minimum Gasteiger partial charge on any atom is -0.492 e. The molecule has 0 aliphatic carbocycles. The van der Waals surface area contributed by atoms with Gasteiger partial charge in [0.2, 0.25) is 0 Å². The third-order valence-corrected chi connectivity index (χ3v) is 3.24. The molecule has 1 N–H and O–H groups in total. The van der Waals surface area contributed by atoms with Crippen LogP contribution in [-0.2, 0) is 13.5 Å². The molecule has 1 atom stereocenters. The SMILES string of the molecule is CNC(CCc1nccn1C)COc1ccccc1. The third kappa shape index (κ3) is 4.10. The first-order chi connectivity index (χ1) is 9.29. The van der Waals surface area contributed by atoms with E-state index in [-0.39, 0.29) is 0 Å². The average Bonchev–Trinajstić information content (AvgIpc) is 2.86. The number of aryl methyl sites for hydroxylation is 2. The fourth-order valence-electron chi connectivity index (χ4n) is 1.97. The van der Waals surface area contributed by atoms with Crippen molar-refractivity contribution in [3.8, 4) is 5.75 Å². The van der Waals surface area contributed by atoms with Crippen molar-refractivity contribution in [2.24, 2.45) is 7.05 Å². The zero-order valence-electron chi connectivity index (χ0n) is 11.5. The maximum atomic E-state index is 5.77. The van der Waals surface area contributed by atoms with Crippen molar-refractivity contribution in [2.75, 3.05) is 13.7 Å². The molecule has 0 aliphatic rings. The molecule has 1 aromatic heterocycles. The molecule has 1 heterocycles. The van der Waals surface area contributed by atoms with Crippen LogP contribution in [0.2, 0.25) is 0 Å². The first kappa shape index (κ1) is 13.6. The molecule has 102 valence electrons. The minimum atomic E-state index is 0.330. The van der Waals surface area contributed by atoms with Gasteiger partial charge in [-0.3, -0.25) is 0 Å². The van der Waals surface area contributed by atoms with Crippen LogP contribution in [0.15, 0.2) is 42.7 Å². The molecule has 2 rings (SSSR count). The van der Waals surface area contributed by atoms with Gasteiger partial charge in [-0.2, -0.15) is 0 Å². The Hall–Kier alpha value is -1.81. The van der Waals surface area contributed by atoms with E-state index < -0.39 is 0 Å². The monoisotopic (exact) mass is 259 g/mol. The first-order valence-electron chi connectivity index (χ1n) is 6.61. The minimum absolute atomic E-state index is 0.330. The van der Waals surface area contributed by atoms with Crippen molar-refractivity contribution >= 4 is 0 Å². The summed E-state index contributed by atoms with van der Waals surface area (Å²) in [6.45, 7) is 0.672. The van der Waals surface area contributed by atoms with Gasteiger partial charge in [-0.1, -0.05) is 18.2 Å². The number of nitrogens with one attached hydrogen (secondary N) is 1. The largest absolute Gasteiger partial charge is 0.492 e. The van der Waals surface area contributed by atoms with Crippen molar-refractivity contribution in [3.05, 3.63) is 48.5 Å². The number of aromatic nitrogens is 2. The summed E-state index contributed by atoms with van der Waals surface area (Å²) in [5.74, 6) is 2.03. The Labute approximate surface area is 114 Å². The maximum Gasteiger partial charge on any atom is 0.119 e. The van der Waals surface area contributed by atoms with E-state index >= 15 is 0 Å². The molecular formula is C15H21N3O. The zero-order chi connectivity index (χ0) is 13.5. The lowest BCUT2D eigenvalue weighted by molar-refractivity contribution is 0.263. The zero-order valence-corrected chi connectivity index (χ0v) is 11.5. The highest BCUT2D eigenvalue weighted by atomic mass is 16.5. The number of hydrogen-bond donors (Lipinski definition) is 1. The Bertz CT molecular complexity index is 481. The number of hydrogen-bond acceptors (Lipinski definition) is 3. The molecule has 0 radical (unpaired) electrons. The van der Waals surface area contributed by atoms with Gasteiger partial charge in [0.15, 0.2) is 0 Å². The molecule has 0 aliphatic heterocycles. The van der Waals surface area contributed by atoms with Crippen molar-refractivity contribution in [2.45, 2.75) is 18.9 Å². The topological polar surface area (TPSA) is 39.1 Å². The van der Waals surface area contributed by atoms with E-state index in [9.17, 15) is 0 Å². The Morgan fingerprint density at radius 1 is 1.32 bits per heavy atom. The second-order valence-corrected chi connectivity index (χ2v) is 4.60. The second-order valence-electron chi connectivity index (χ2n) is 4.60. The van der Waals surface area contributed by atoms with Gasteiger partial charge in [0.05, 0.1) is 0 Å². The van der Waals surface area contributed by atoms with Gasteiger partial charge in [-0.25, -0.2) is 4.98 Å². The molecule has 0 saturated heterocycles. The van der Waals surface area contributed by atoms with E-state index in [1.54, 1.807) is 0 Å². The summed E-state index contributed by atoms with van der Waals surface area (Å²) in [5.41, 5.74) is 0.